The zero-order valence-electron chi connectivity index (χ0n) is 17.1. The van der Waals surface area contributed by atoms with Gasteiger partial charge in [0.05, 0.1) is 7.11 Å². The lowest BCUT2D eigenvalue weighted by Crippen LogP contribution is -2.33. The predicted molar refractivity (Wildman–Crippen MR) is 129 cm³/mol. The summed E-state index contributed by atoms with van der Waals surface area (Å²) in [5, 5.41) is 14.2. The first-order valence-electron chi connectivity index (χ1n) is 10.1. The van der Waals surface area contributed by atoms with Crippen molar-refractivity contribution in [2.45, 2.75) is 18.6 Å². The molecule has 0 spiro atoms. The molecule has 6 nitrogen and oxygen atoms in total. The van der Waals surface area contributed by atoms with Gasteiger partial charge in [0.2, 0.25) is 6.79 Å². The monoisotopic (exact) mass is 558 g/mol. The molecule has 2 aliphatic rings. The number of rotatable bonds is 4. The Labute approximate surface area is 202 Å². The van der Waals surface area contributed by atoms with Crippen LogP contribution in [0.3, 0.4) is 0 Å². The van der Waals surface area contributed by atoms with Crippen LogP contribution in [0, 0.1) is 0 Å². The van der Waals surface area contributed by atoms with Crippen molar-refractivity contribution in [1.29, 1.82) is 0 Å². The molecule has 0 aliphatic carbocycles. The molecule has 2 N–H and O–H groups in total. The first kappa shape index (κ1) is 21.3. The number of benzene rings is 3. The Hall–Kier alpha value is -2.55. The Kier molecular flexibility index (Phi) is 5.84. The molecule has 0 aromatic heterocycles. The number of ether oxygens (including phenoxy) is 3. The zero-order valence-corrected chi connectivity index (χ0v) is 20.3. The minimum atomic E-state index is -0.375. The second kappa shape index (κ2) is 8.77. The van der Waals surface area contributed by atoms with Crippen molar-refractivity contribution in [2.75, 3.05) is 13.9 Å². The fraction of sp³-hybridized carbons (Fsp3) is 0.208. The lowest BCUT2D eigenvalue weighted by molar-refractivity contribution is 0.174. The Bertz CT molecular complexity index is 1210. The number of methoxy groups -OCH3 is 1. The number of nitrogens with zero attached hydrogens (tertiary/aromatic N) is 1. The van der Waals surface area contributed by atoms with Crippen LogP contribution >= 0.6 is 31.9 Å². The Morgan fingerprint density at radius 2 is 1.72 bits per heavy atom. The van der Waals surface area contributed by atoms with Gasteiger partial charge in [-0.3, -0.25) is 10.3 Å². The summed E-state index contributed by atoms with van der Waals surface area (Å²) in [4.78, 5) is 5.04. The van der Waals surface area contributed by atoms with Crippen LogP contribution in [-0.2, 0) is 0 Å². The van der Waals surface area contributed by atoms with E-state index in [0.717, 1.165) is 42.8 Å². The van der Waals surface area contributed by atoms with E-state index in [1.807, 2.05) is 48.5 Å². The van der Waals surface area contributed by atoms with Gasteiger partial charge in [0.25, 0.3) is 0 Å². The number of aliphatic imine (C=N–C) groups is 1. The van der Waals surface area contributed by atoms with Crippen molar-refractivity contribution in [2.24, 2.45) is 4.99 Å². The molecule has 5 rings (SSSR count). The molecule has 8 heteroatoms. The highest BCUT2D eigenvalue weighted by Crippen LogP contribution is 2.40. The molecule has 0 amide bonds. The number of aromatic hydroxyl groups is 1. The zero-order chi connectivity index (χ0) is 22.2. The van der Waals surface area contributed by atoms with Gasteiger partial charge in [-0.2, -0.15) is 0 Å². The van der Waals surface area contributed by atoms with E-state index < -0.39 is 0 Å². The van der Waals surface area contributed by atoms with Crippen molar-refractivity contribution >= 4 is 37.6 Å². The summed E-state index contributed by atoms with van der Waals surface area (Å²) in [6.45, 7) is 0.221. The Morgan fingerprint density at radius 1 is 0.969 bits per heavy atom. The maximum atomic E-state index is 10.6. The second-order valence-electron chi connectivity index (χ2n) is 7.56. The largest absolute Gasteiger partial charge is 0.508 e. The van der Waals surface area contributed by atoms with Crippen molar-refractivity contribution in [3.05, 3.63) is 80.2 Å². The highest BCUT2D eigenvalue weighted by molar-refractivity contribution is 9.10. The molecule has 3 aromatic carbocycles. The number of nitrogens with one attached hydrogen (secondary N) is 1. The summed E-state index contributed by atoms with van der Waals surface area (Å²) in [6, 6.07) is 17.0. The average molecular weight is 560 g/mol. The quantitative estimate of drug-likeness (QED) is 0.418. The van der Waals surface area contributed by atoms with E-state index >= 15 is 0 Å². The smallest absolute Gasteiger partial charge is 0.231 e. The van der Waals surface area contributed by atoms with Gasteiger partial charge in [-0.15, -0.1) is 0 Å². The Balaban J connectivity index is 1.61. The van der Waals surface area contributed by atoms with Crippen LogP contribution in [0.15, 0.2) is 68.5 Å². The summed E-state index contributed by atoms with van der Waals surface area (Å²) in [6.07, 6.45) is 0.219. The molecule has 0 saturated heterocycles. The number of hydrogen-bond donors (Lipinski definition) is 2. The summed E-state index contributed by atoms with van der Waals surface area (Å²) in [5.74, 6) is 2.41. The van der Waals surface area contributed by atoms with E-state index in [-0.39, 0.29) is 24.8 Å². The molecule has 2 aliphatic heterocycles. The molecular formula is C24H20Br2N2O4. The van der Waals surface area contributed by atoms with E-state index in [1.54, 1.807) is 13.2 Å². The van der Waals surface area contributed by atoms with Crippen molar-refractivity contribution in [3.63, 3.8) is 0 Å². The third-order valence-electron chi connectivity index (χ3n) is 5.60. The standard InChI is InChI=1S/C24H20Br2N2O4/c1-30-21-7-4-15(26)10-17(21)24-27-18(13-2-6-22-23(8-13)32-12-31-22)11-19(28-24)16-9-14(25)3-5-20(16)29/h2-10,19,24,28-29H,11-12H2,1H3/t19-,24+/m1/s1. The normalized spacial score (nSPS) is 19.5. The minimum absolute atomic E-state index is 0.167. The lowest BCUT2D eigenvalue weighted by atomic mass is 9.93. The fourth-order valence-electron chi connectivity index (χ4n) is 4.04. The molecule has 0 saturated carbocycles. The van der Waals surface area contributed by atoms with E-state index in [0.29, 0.717) is 12.2 Å². The third-order valence-corrected chi connectivity index (χ3v) is 6.59. The van der Waals surface area contributed by atoms with Crippen LogP contribution < -0.4 is 19.5 Å². The van der Waals surface area contributed by atoms with Crippen LogP contribution in [0.4, 0.5) is 0 Å². The molecule has 164 valence electrons. The van der Waals surface area contributed by atoms with Crippen LogP contribution in [0.25, 0.3) is 0 Å². The third kappa shape index (κ3) is 4.10. The van der Waals surface area contributed by atoms with Crippen molar-refractivity contribution in [1.82, 2.24) is 5.32 Å². The van der Waals surface area contributed by atoms with Gasteiger partial charge in [0.1, 0.15) is 17.7 Å². The average Bonchev–Trinajstić information content (AvgIpc) is 3.28. The molecule has 0 unspecified atom stereocenters. The SMILES string of the molecule is COc1ccc(Br)cc1[C@H]1N=C(c2ccc3c(c2)OCO3)C[C@H](c2cc(Br)ccc2O)N1. The maximum absolute atomic E-state index is 10.6. The van der Waals surface area contributed by atoms with Crippen LogP contribution in [0.5, 0.6) is 23.0 Å². The second-order valence-corrected chi connectivity index (χ2v) is 9.39. The van der Waals surface area contributed by atoms with E-state index in [1.165, 1.54) is 0 Å². The summed E-state index contributed by atoms with van der Waals surface area (Å²) < 4.78 is 18.5. The van der Waals surface area contributed by atoms with Crippen molar-refractivity contribution < 1.29 is 19.3 Å². The van der Waals surface area contributed by atoms with E-state index in [4.69, 9.17) is 19.2 Å². The van der Waals surface area contributed by atoms with Crippen molar-refractivity contribution in [3.8, 4) is 23.0 Å². The van der Waals surface area contributed by atoms with Crippen LogP contribution in [-0.4, -0.2) is 24.7 Å². The highest BCUT2D eigenvalue weighted by atomic mass is 79.9. The molecular weight excluding hydrogens is 540 g/mol. The number of fused-ring (bicyclic) bond motifs is 1. The number of hydrogen-bond acceptors (Lipinski definition) is 6. The van der Waals surface area contributed by atoms with Gasteiger partial charge >= 0.3 is 0 Å². The topological polar surface area (TPSA) is 72.3 Å². The summed E-state index contributed by atoms with van der Waals surface area (Å²) >= 11 is 7.08. The number of halogens is 2. The van der Waals surface area contributed by atoms with Gasteiger partial charge in [0, 0.05) is 38.2 Å². The van der Waals surface area contributed by atoms with Crippen LogP contribution in [0.2, 0.25) is 0 Å². The lowest BCUT2D eigenvalue weighted by Gasteiger charge is -2.31. The van der Waals surface area contributed by atoms with Gasteiger partial charge in [0.15, 0.2) is 11.5 Å². The maximum Gasteiger partial charge on any atom is 0.231 e. The highest BCUT2D eigenvalue weighted by Gasteiger charge is 2.30. The van der Waals surface area contributed by atoms with Crippen LogP contribution in [0.1, 0.15) is 35.3 Å². The summed E-state index contributed by atoms with van der Waals surface area (Å²) in [7, 11) is 1.65. The number of phenols is 1. The molecule has 32 heavy (non-hydrogen) atoms. The first-order valence-corrected chi connectivity index (χ1v) is 11.6. The number of phenolic OH excluding ortho intramolecular Hbond substituents is 1. The van der Waals surface area contributed by atoms with E-state index in [9.17, 15) is 5.11 Å². The molecule has 3 aromatic rings. The predicted octanol–water partition coefficient (Wildman–Crippen LogP) is 5.88. The molecule has 2 heterocycles. The Morgan fingerprint density at radius 3 is 2.53 bits per heavy atom. The van der Waals surface area contributed by atoms with Gasteiger partial charge < -0.3 is 19.3 Å². The summed E-state index contributed by atoms with van der Waals surface area (Å²) in [5.41, 5.74) is 3.55. The first-order chi connectivity index (χ1) is 15.5. The molecule has 2 atom stereocenters. The van der Waals surface area contributed by atoms with Gasteiger partial charge in [-0.1, -0.05) is 31.9 Å². The molecule has 0 radical (unpaired) electrons. The van der Waals surface area contributed by atoms with E-state index in [2.05, 4.69) is 37.2 Å². The molecule has 0 bridgehead atoms. The van der Waals surface area contributed by atoms with Gasteiger partial charge in [-0.25, -0.2) is 0 Å². The fourth-order valence-corrected chi connectivity index (χ4v) is 4.80. The van der Waals surface area contributed by atoms with Gasteiger partial charge in [-0.05, 0) is 60.2 Å². The minimum Gasteiger partial charge on any atom is -0.508 e. The molecule has 0 fully saturated rings.